The Bertz CT molecular complexity index is 308. The van der Waals surface area contributed by atoms with Crippen LogP contribution in [-0.4, -0.2) is 34.6 Å². The van der Waals surface area contributed by atoms with Gasteiger partial charge in [0.25, 0.3) is 0 Å². The van der Waals surface area contributed by atoms with Crippen molar-refractivity contribution in [3.8, 4) is 0 Å². The minimum Gasteiger partial charge on any atom is -0.481 e. The van der Waals surface area contributed by atoms with E-state index in [1.165, 1.54) is 0 Å². The summed E-state index contributed by atoms with van der Waals surface area (Å²) in [5, 5.41) is 19.5. The summed E-state index contributed by atoms with van der Waals surface area (Å²) in [7, 11) is 0. The summed E-state index contributed by atoms with van der Waals surface area (Å²) in [6, 6.07) is 0. The Balaban J connectivity index is 4.36. The van der Waals surface area contributed by atoms with Gasteiger partial charge in [0.15, 0.2) is 0 Å². The molecule has 0 aliphatic heterocycles. The highest BCUT2D eigenvalue weighted by Crippen LogP contribution is 2.01. The molecule has 6 heteroatoms. The maximum absolute atomic E-state index is 11.2. The second-order valence-electron chi connectivity index (χ2n) is 3.19. The first-order chi connectivity index (χ1) is 7.47. The van der Waals surface area contributed by atoms with Gasteiger partial charge in [-0.1, -0.05) is 13.3 Å². The topological polar surface area (TPSA) is 104 Å². The summed E-state index contributed by atoms with van der Waals surface area (Å²) in [5.74, 6) is -3.25. The molecule has 0 aromatic rings. The number of amides is 1. The predicted octanol–water partition coefficient (Wildman–Crippen LogP) is 0.388. The lowest BCUT2D eigenvalue weighted by Crippen LogP contribution is -2.23. The lowest BCUT2D eigenvalue weighted by atomic mass is 10.2. The molecule has 0 spiro atoms. The molecule has 6 nitrogen and oxygen atoms in total. The Morgan fingerprint density at radius 1 is 1.25 bits per heavy atom. The second kappa shape index (κ2) is 7.44. The minimum absolute atomic E-state index is 0.429. The SMILES string of the molecule is CCCCNC(=O)/C=C(\CC(=O)O)C(=O)O. The number of nitrogens with one attached hydrogen (secondary N) is 1. The largest absolute Gasteiger partial charge is 0.481 e. The molecular formula is C10H15NO5. The molecule has 0 saturated carbocycles. The van der Waals surface area contributed by atoms with E-state index in [0.29, 0.717) is 6.54 Å². The van der Waals surface area contributed by atoms with Crippen molar-refractivity contribution >= 4 is 17.8 Å². The molecule has 0 rings (SSSR count). The van der Waals surface area contributed by atoms with Crippen molar-refractivity contribution in [2.75, 3.05) is 6.54 Å². The third-order valence-electron chi connectivity index (χ3n) is 1.75. The van der Waals surface area contributed by atoms with Gasteiger partial charge in [0.2, 0.25) is 5.91 Å². The van der Waals surface area contributed by atoms with Crippen LogP contribution in [0.25, 0.3) is 0 Å². The van der Waals surface area contributed by atoms with Crippen molar-refractivity contribution in [2.45, 2.75) is 26.2 Å². The Morgan fingerprint density at radius 3 is 2.31 bits per heavy atom. The summed E-state index contributed by atoms with van der Waals surface area (Å²) < 4.78 is 0. The molecule has 0 aromatic carbocycles. The Morgan fingerprint density at radius 2 is 1.88 bits per heavy atom. The van der Waals surface area contributed by atoms with Crippen molar-refractivity contribution in [3.05, 3.63) is 11.6 Å². The van der Waals surface area contributed by atoms with Gasteiger partial charge in [0, 0.05) is 12.6 Å². The number of carbonyl (C=O) groups excluding carboxylic acids is 1. The Hall–Kier alpha value is -1.85. The highest BCUT2D eigenvalue weighted by molar-refractivity contribution is 6.00. The lowest BCUT2D eigenvalue weighted by Gasteiger charge is -2.01. The normalized spacial score (nSPS) is 10.9. The van der Waals surface area contributed by atoms with Gasteiger partial charge >= 0.3 is 11.9 Å². The molecule has 16 heavy (non-hydrogen) atoms. The van der Waals surface area contributed by atoms with Crippen LogP contribution in [0.1, 0.15) is 26.2 Å². The van der Waals surface area contributed by atoms with Crippen molar-refractivity contribution in [1.29, 1.82) is 0 Å². The van der Waals surface area contributed by atoms with Gasteiger partial charge in [0.1, 0.15) is 0 Å². The van der Waals surface area contributed by atoms with Crippen LogP contribution >= 0.6 is 0 Å². The third-order valence-corrected chi connectivity index (χ3v) is 1.75. The summed E-state index contributed by atoms with van der Waals surface area (Å²) in [6.45, 7) is 2.40. The van der Waals surface area contributed by atoms with Crippen molar-refractivity contribution in [1.82, 2.24) is 5.32 Å². The molecule has 0 unspecified atom stereocenters. The average Bonchev–Trinajstić information content (AvgIpc) is 2.16. The third kappa shape index (κ3) is 6.58. The fourth-order valence-electron chi connectivity index (χ4n) is 0.949. The highest BCUT2D eigenvalue weighted by Gasteiger charge is 2.13. The maximum Gasteiger partial charge on any atom is 0.332 e. The van der Waals surface area contributed by atoms with Crippen LogP contribution in [0.4, 0.5) is 0 Å². The monoisotopic (exact) mass is 229 g/mol. The Kier molecular flexibility index (Phi) is 6.58. The predicted molar refractivity (Wildman–Crippen MR) is 55.9 cm³/mol. The van der Waals surface area contributed by atoms with Crippen LogP contribution in [0, 0.1) is 0 Å². The van der Waals surface area contributed by atoms with E-state index in [-0.39, 0.29) is 0 Å². The Labute approximate surface area is 93.0 Å². The van der Waals surface area contributed by atoms with Gasteiger partial charge in [-0.05, 0) is 6.42 Å². The van der Waals surface area contributed by atoms with Crippen molar-refractivity contribution < 1.29 is 24.6 Å². The number of carboxylic acids is 2. The molecule has 1 amide bonds. The molecule has 3 N–H and O–H groups in total. The summed E-state index contributed by atoms with van der Waals surface area (Å²) in [6.07, 6.45) is 1.84. The van der Waals surface area contributed by atoms with E-state index < -0.39 is 29.8 Å². The van der Waals surface area contributed by atoms with Crippen LogP contribution in [0.2, 0.25) is 0 Å². The van der Waals surface area contributed by atoms with Gasteiger partial charge in [-0.25, -0.2) is 4.79 Å². The first kappa shape index (κ1) is 14.2. The first-order valence-corrected chi connectivity index (χ1v) is 4.90. The average molecular weight is 229 g/mol. The van der Waals surface area contributed by atoms with Crippen LogP contribution < -0.4 is 5.32 Å². The van der Waals surface area contributed by atoms with Crippen molar-refractivity contribution in [2.24, 2.45) is 0 Å². The standard InChI is InChI=1S/C10H15NO5/c1-2-3-4-11-8(12)5-7(10(15)16)6-9(13)14/h5H,2-4,6H2,1H3,(H,11,12)(H,13,14)(H,15,16)/b7-5+. The molecule has 90 valence electrons. The number of aliphatic carboxylic acids is 2. The van der Waals surface area contributed by atoms with E-state index in [9.17, 15) is 14.4 Å². The molecule has 0 heterocycles. The summed E-state index contributed by atoms with van der Waals surface area (Å²) >= 11 is 0. The minimum atomic E-state index is -1.40. The lowest BCUT2D eigenvalue weighted by molar-refractivity contribution is -0.139. The molecule has 0 saturated heterocycles. The first-order valence-electron chi connectivity index (χ1n) is 4.90. The number of carboxylic acid groups (broad SMARTS) is 2. The fraction of sp³-hybridized carbons (Fsp3) is 0.500. The summed E-state index contributed by atoms with van der Waals surface area (Å²) in [5.41, 5.74) is -0.429. The number of unbranched alkanes of at least 4 members (excludes halogenated alkanes) is 1. The van der Waals surface area contributed by atoms with Crippen molar-refractivity contribution in [3.63, 3.8) is 0 Å². The van der Waals surface area contributed by atoms with E-state index in [0.717, 1.165) is 18.9 Å². The highest BCUT2D eigenvalue weighted by atomic mass is 16.4. The van der Waals surface area contributed by atoms with Gasteiger partial charge in [0.05, 0.1) is 12.0 Å². The zero-order valence-electron chi connectivity index (χ0n) is 9.02. The van der Waals surface area contributed by atoms with E-state index in [1.807, 2.05) is 6.92 Å². The van der Waals surface area contributed by atoms with Gasteiger partial charge in [-0.2, -0.15) is 0 Å². The molecule has 0 aliphatic carbocycles. The van der Waals surface area contributed by atoms with Crippen LogP contribution in [0.15, 0.2) is 11.6 Å². The number of hydrogen-bond donors (Lipinski definition) is 3. The van der Waals surface area contributed by atoms with Gasteiger partial charge in [-0.15, -0.1) is 0 Å². The zero-order valence-corrected chi connectivity index (χ0v) is 9.02. The van der Waals surface area contributed by atoms with E-state index in [1.54, 1.807) is 0 Å². The molecule has 0 radical (unpaired) electrons. The van der Waals surface area contributed by atoms with E-state index >= 15 is 0 Å². The van der Waals surface area contributed by atoms with Crippen LogP contribution in [-0.2, 0) is 14.4 Å². The van der Waals surface area contributed by atoms with Crippen LogP contribution in [0.3, 0.4) is 0 Å². The second-order valence-corrected chi connectivity index (χ2v) is 3.19. The van der Waals surface area contributed by atoms with Crippen LogP contribution in [0.5, 0.6) is 0 Å². The zero-order chi connectivity index (χ0) is 12.6. The molecular weight excluding hydrogens is 214 g/mol. The maximum atomic E-state index is 11.2. The number of hydrogen-bond acceptors (Lipinski definition) is 3. The van der Waals surface area contributed by atoms with Gasteiger partial charge in [-0.3, -0.25) is 9.59 Å². The molecule has 0 atom stereocenters. The fourth-order valence-corrected chi connectivity index (χ4v) is 0.949. The van der Waals surface area contributed by atoms with Gasteiger partial charge < -0.3 is 15.5 Å². The molecule has 0 aromatic heterocycles. The summed E-state index contributed by atoms with van der Waals surface area (Å²) in [4.78, 5) is 32.1. The molecule has 0 bridgehead atoms. The molecule has 0 fully saturated rings. The van der Waals surface area contributed by atoms with E-state index in [2.05, 4.69) is 5.32 Å². The van der Waals surface area contributed by atoms with E-state index in [4.69, 9.17) is 10.2 Å². The quantitative estimate of drug-likeness (QED) is 0.432. The smallest absolute Gasteiger partial charge is 0.332 e. The molecule has 0 aliphatic rings. The number of carbonyl (C=O) groups is 3. The number of rotatable bonds is 7.